The number of nitrogens with one attached hydrogen (secondary N) is 2. The van der Waals surface area contributed by atoms with Crippen molar-refractivity contribution in [3.63, 3.8) is 0 Å². The number of pyridine rings is 1. The molecule has 0 fully saturated rings. The maximum absolute atomic E-state index is 12.4. The van der Waals surface area contributed by atoms with E-state index in [0.717, 1.165) is 5.69 Å². The highest BCUT2D eigenvalue weighted by molar-refractivity contribution is 6.11. The molecule has 3 rings (SSSR count). The van der Waals surface area contributed by atoms with E-state index in [0.29, 0.717) is 29.2 Å². The number of aryl methyl sites for hydroxylation is 1. The van der Waals surface area contributed by atoms with E-state index < -0.39 is 5.97 Å². The summed E-state index contributed by atoms with van der Waals surface area (Å²) < 4.78 is 11.4. The molecule has 0 aliphatic carbocycles. The molecule has 3 aromatic rings. The topological polar surface area (TPSA) is 94.5 Å². The highest BCUT2D eigenvalue weighted by Gasteiger charge is 2.24. The van der Waals surface area contributed by atoms with E-state index in [1.54, 1.807) is 17.8 Å². The summed E-state index contributed by atoms with van der Waals surface area (Å²) in [4.78, 5) is 29.0. The Bertz CT molecular complexity index is 1050. The van der Waals surface area contributed by atoms with Gasteiger partial charge < -0.3 is 24.7 Å². The first-order valence-corrected chi connectivity index (χ1v) is 9.60. The number of esters is 1. The molecule has 0 radical (unpaired) electrons. The minimum absolute atomic E-state index is 0.128. The number of ether oxygens (including phenoxy) is 2. The van der Waals surface area contributed by atoms with Gasteiger partial charge in [-0.05, 0) is 17.5 Å². The maximum atomic E-state index is 12.4. The predicted octanol–water partition coefficient (Wildman–Crippen LogP) is 3.16. The van der Waals surface area contributed by atoms with Crippen molar-refractivity contribution in [3.05, 3.63) is 53.9 Å². The smallest absolute Gasteiger partial charge is 0.356 e. The van der Waals surface area contributed by atoms with E-state index in [1.807, 2.05) is 24.3 Å². The maximum Gasteiger partial charge on any atom is 0.356 e. The molecule has 0 bridgehead atoms. The van der Waals surface area contributed by atoms with Crippen LogP contribution in [0.15, 0.2) is 42.6 Å². The number of carbonyl (C=O) groups is 2. The van der Waals surface area contributed by atoms with Crippen LogP contribution in [0.5, 0.6) is 0 Å². The fourth-order valence-corrected chi connectivity index (χ4v) is 3.35. The number of anilines is 2. The second-order valence-electron chi connectivity index (χ2n) is 7.04. The molecule has 0 saturated carbocycles. The van der Waals surface area contributed by atoms with Gasteiger partial charge in [-0.15, -0.1) is 0 Å². The molecule has 0 spiro atoms. The first kappa shape index (κ1) is 21.3. The van der Waals surface area contributed by atoms with Crippen LogP contribution in [-0.4, -0.2) is 48.8 Å². The van der Waals surface area contributed by atoms with Crippen LogP contribution in [-0.2, 0) is 21.3 Å². The fourth-order valence-electron chi connectivity index (χ4n) is 3.35. The summed E-state index contributed by atoms with van der Waals surface area (Å²) in [5.41, 5.74) is 3.16. The van der Waals surface area contributed by atoms with Crippen molar-refractivity contribution in [2.45, 2.75) is 12.8 Å². The number of carbonyl (C=O) groups excluding carboxylic acids is 2. The lowest BCUT2D eigenvalue weighted by Crippen LogP contribution is -2.19. The number of aromatic nitrogens is 2. The standard InChI is InChI=1S/C22H26N4O4/c1-14(15-8-6-5-7-9-15)11-23-16-10-17-19(25-18(27)13-29-3)20(22(28)30-4)26(2)21(17)24-12-16/h5-10,12,14,23H,11,13H2,1-4H3,(H,25,27). The zero-order valence-electron chi connectivity index (χ0n) is 17.6. The van der Waals surface area contributed by atoms with E-state index >= 15 is 0 Å². The van der Waals surface area contributed by atoms with Gasteiger partial charge in [-0.25, -0.2) is 9.78 Å². The van der Waals surface area contributed by atoms with Gasteiger partial charge >= 0.3 is 5.97 Å². The van der Waals surface area contributed by atoms with Crippen LogP contribution in [0.2, 0.25) is 0 Å². The second kappa shape index (κ2) is 9.41. The Hall–Kier alpha value is -3.39. The van der Waals surface area contributed by atoms with Gasteiger partial charge in [0, 0.05) is 26.1 Å². The van der Waals surface area contributed by atoms with Gasteiger partial charge in [0.05, 0.1) is 24.7 Å². The van der Waals surface area contributed by atoms with Gasteiger partial charge in [-0.1, -0.05) is 37.3 Å². The number of hydrogen-bond acceptors (Lipinski definition) is 6. The van der Waals surface area contributed by atoms with Crippen molar-refractivity contribution in [1.82, 2.24) is 9.55 Å². The van der Waals surface area contributed by atoms with E-state index in [4.69, 9.17) is 9.47 Å². The normalized spacial score (nSPS) is 11.9. The molecular weight excluding hydrogens is 384 g/mol. The minimum Gasteiger partial charge on any atom is -0.464 e. The van der Waals surface area contributed by atoms with Crippen molar-refractivity contribution in [1.29, 1.82) is 0 Å². The highest BCUT2D eigenvalue weighted by atomic mass is 16.5. The summed E-state index contributed by atoms with van der Waals surface area (Å²) in [5, 5.41) is 6.78. The summed E-state index contributed by atoms with van der Waals surface area (Å²) in [6.45, 7) is 2.72. The van der Waals surface area contributed by atoms with Gasteiger partial charge in [-0.2, -0.15) is 0 Å². The lowest BCUT2D eigenvalue weighted by molar-refractivity contribution is -0.119. The SMILES string of the molecule is COCC(=O)Nc1c(C(=O)OC)n(C)c2ncc(NCC(C)c3ccccc3)cc12. The van der Waals surface area contributed by atoms with Crippen LogP contribution in [0.4, 0.5) is 11.4 Å². The van der Waals surface area contributed by atoms with Gasteiger partial charge in [-0.3, -0.25) is 4.79 Å². The van der Waals surface area contributed by atoms with Gasteiger partial charge in [0.25, 0.3) is 0 Å². The average molecular weight is 410 g/mol. The highest BCUT2D eigenvalue weighted by Crippen LogP contribution is 2.32. The molecule has 2 aromatic heterocycles. The second-order valence-corrected chi connectivity index (χ2v) is 7.04. The summed E-state index contributed by atoms with van der Waals surface area (Å²) in [7, 11) is 4.44. The average Bonchev–Trinajstić information content (AvgIpc) is 3.03. The van der Waals surface area contributed by atoms with Crippen LogP contribution in [0.1, 0.15) is 28.9 Å². The van der Waals surface area contributed by atoms with Crippen LogP contribution in [0.3, 0.4) is 0 Å². The van der Waals surface area contributed by atoms with Gasteiger partial charge in [0.1, 0.15) is 12.3 Å². The first-order valence-electron chi connectivity index (χ1n) is 9.60. The Balaban J connectivity index is 1.93. The Labute approximate surface area is 175 Å². The third-order valence-corrected chi connectivity index (χ3v) is 4.93. The van der Waals surface area contributed by atoms with Gasteiger partial charge in [0.15, 0.2) is 5.69 Å². The zero-order chi connectivity index (χ0) is 21.7. The summed E-state index contributed by atoms with van der Waals surface area (Å²) in [6.07, 6.45) is 1.71. The van der Waals surface area contributed by atoms with E-state index in [-0.39, 0.29) is 18.2 Å². The molecule has 0 aliphatic rings. The lowest BCUT2D eigenvalue weighted by atomic mass is 10.0. The molecule has 1 unspecified atom stereocenters. The fraction of sp³-hybridized carbons (Fsp3) is 0.318. The molecule has 0 aliphatic heterocycles. The number of nitrogens with zero attached hydrogens (tertiary/aromatic N) is 2. The molecule has 8 heteroatoms. The van der Waals surface area contributed by atoms with E-state index in [1.165, 1.54) is 19.8 Å². The molecule has 2 heterocycles. The van der Waals surface area contributed by atoms with Gasteiger partial charge in [0.2, 0.25) is 5.91 Å². The van der Waals surface area contributed by atoms with Crippen LogP contribution in [0, 0.1) is 0 Å². The molecule has 1 atom stereocenters. The molecule has 0 saturated heterocycles. The van der Waals surface area contributed by atoms with Crippen molar-refractivity contribution < 1.29 is 19.1 Å². The van der Waals surface area contributed by atoms with Crippen molar-refractivity contribution in [2.75, 3.05) is 38.0 Å². The Morgan fingerprint density at radius 1 is 1.20 bits per heavy atom. The molecule has 2 N–H and O–H groups in total. The van der Waals surface area contributed by atoms with E-state index in [2.05, 4.69) is 34.7 Å². The monoisotopic (exact) mass is 410 g/mol. The first-order chi connectivity index (χ1) is 14.5. The Morgan fingerprint density at radius 2 is 1.93 bits per heavy atom. The molecule has 1 amide bonds. The number of hydrogen-bond donors (Lipinski definition) is 2. The summed E-state index contributed by atoms with van der Waals surface area (Å²) in [6, 6.07) is 12.1. The molecular formula is C22H26N4O4. The molecule has 8 nitrogen and oxygen atoms in total. The van der Waals surface area contributed by atoms with Crippen LogP contribution in [0.25, 0.3) is 11.0 Å². The number of amides is 1. The third kappa shape index (κ3) is 4.44. The third-order valence-electron chi connectivity index (χ3n) is 4.93. The lowest BCUT2D eigenvalue weighted by Gasteiger charge is -2.14. The number of benzene rings is 1. The summed E-state index contributed by atoms with van der Waals surface area (Å²) in [5.74, 6) is -0.634. The molecule has 30 heavy (non-hydrogen) atoms. The van der Waals surface area contributed by atoms with Crippen LogP contribution >= 0.6 is 0 Å². The van der Waals surface area contributed by atoms with E-state index in [9.17, 15) is 9.59 Å². The Morgan fingerprint density at radius 3 is 2.60 bits per heavy atom. The van der Waals surface area contributed by atoms with Crippen molar-refractivity contribution >= 4 is 34.3 Å². The van der Waals surface area contributed by atoms with Crippen LogP contribution < -0.4 is 10.6 Å². The largest absolute Gasteiger partial charge is 0.464 e. The minimum atomic E-state index is -0.560. The predicted molar refractivity (Wildman–Crippen MR) is 116 cm³/mol. The zero-order valence-corrected chi connectivity index (χ0v) is 17.6. The quantitative estimate of drug-likeness (QED) is 0.554. The van der Waals surface area contributed by atoms with Crippen molar-refractivity contribution in [3.8, 4) is 0 Å². The molecule has 158 valence electrons. The number of methoxy groups -OCH3 is 2. The number of fused-ring (bicyclic) bond motifs is 1. The summed E-state index contributed by atoms with van der Waals surface area (Å²) >= 11 is 0. The number of rotatable bonds is 8. The Kier molecular flexibility index (Phi) is 6.68. The molecule has 1 aromatic carbocycles. The van der Waals surface area contributed by atoms with Crippen molar-refractivity contribution in [2.24, 2.45) is 7.05 Å².